The van der Waals surface area contributed by atoms with Gasteiger partial charge in [-0.1, -0.05) is 0 Å². The molecule has 0 spiro atoms. The number of aliphatic hydroxyl groups excluding tert-OH is 1. The fourth-order valence-corrected chi connectivity index (χ4v) is 1.65. The molecule has 1 aromatic rings. The maximum atomic E-state index is 11.7. The molecular weight excluding hydrogens is 194 g/mol. The molecule has 1 N–H and O–H groups in total. The van der Waals surface area contributed by atoms with Gasteiger partial charge >= 0.3 is 0 Å². The summed E-state index contributed by atoms with van der Waals surface area (Å²) in [4.78, 5) is 13.3. The van der Waals surface area contributed by atoms with Gasteiger partial charge in [0, 0.05) is 31.4 Å². The lowest BCUT2D eigenvalue weighted by Gasteiger charge is -2.35. The van der Waals surface area contributed by atoms with Crippen molar-refractivity contribution in [3.63, 3.8) is 0 Å². The van der Waals surface area contributed by atoms with Crippen molar-refractivity contribution in [3.8, 4) is 0 Å². The molecule has 82 valence electrons. The Bertz CT molecular complexity index is 380. The zero-order valence-electron chi connectivity index (χ0n) is 8.97. The lowest BCUT2D eigenvalue weighted by atomic mass is 10.1. The number of nitrogens with zero attached hydrogens (tertiary/aromatic N) is 3. The zero-order valence-corrected chi connectivity index (χ0v) is 8.97. The van der Waals surface area contributed by atoms with Crippen LogP contribution in [0.1, 0.15) is 11.3 Å². The standard InChI is InChI=1S/C10H15N3O2/c1-7-8(4-11-12(7)2)3-10(15)13-5-9(14)6-13/h4,9,14H,3,5-6H2,1-2H3. The van der Waals surface area contributed by atoms with E-state index in [0.29, 0.717) is 19.5 Å². The number of likely N-dealkylation sites (tertiary alicyclic amines) is 1. The number of aryl methyl sites for hydroxylation is 1. The number of hydrogen-bond acceptors (Lipinski definition) is 3. The summed E-state index contributed by atoms with van der Waals surface area (Å²) in [7, 11) is 1.86. The lowest BCUT2D eigenvalue weighted by molar-refractivity contribution is -0.140. The first-order chi connectivity index (χ1) is 7.08. The minimum Gasteiger partial charge on any atom is -0.389 e. The van der Waals surface area contributed by atoms with Crippen molar-refractivity contribution >= 4 is 5.91 Å². The van der Waals surface area contributed by atoms with Crippen LogP contribution in [0.4, 0.5) is 0 Å². The monoisotopic (exact) mass is 209 g/mol. The molecule has 0 atom stereocenters. The number of carbonyl (C=O) groups excluding carboxylic acids is 1. The van der Waals surface area contributed by atoms with Crippen molar-refractivity contribution in [1.82, 2.24) is 14.7 Å². The van der Waals surface area contributed by atoms with Crippen molar-refractivity contribution in [1.29, 1.82) is 0 Å². The second-order valence-corrected chi connectivity index (χ2v) is 4.01. The average Bonchev–Trinajstić information content (AvgIpc) is 2.44. The Labute approximate surface area is 88.3 Å². The van der Waals surface area contributed by atoms with E-state index in [1.54, 1.807) is 15.8 Å². The Morgan fingerprint density at radius 3 is 2.80 bits per heavy atom. The number of hydrogen-bond donors (Lipinski definition) is 1. The van der Waals surface area contributed by atoms with E-state index in [0.717, 1.165) is 11.3 Å². The molecule has 0 bridgehead atoms. The van der Waals surface area contributed by atoms with Gasteiger partial charge in [0.15, 0.2) is 0 Å². The minimum atomic E-state index is -0.330. The fourth-order valence-electron chi connectivity index (χ4n) is 1.65. The topological polar surface area (TPSA) is 58.4 Å². The van der Waals surface area contributed by atoms with Gasteiger partial charge in [0.25, 0.3) is 0 Å². The summed E-state index contributed by atoms with van der Waals surface area (Å²) in [5, 5.41) is 13.2. The van der Waals surface area contributed by atoms with E-state index in [-0.39, 0.29) is 12.0 Å². The second kappa shape index (κ2) is 3.66. The van der Waals surface area contributed by atoms with Gasteiger partial charge in [-0.2, -0.15) is 5.10 Å². The third kappa shape index (κ3) is 1.87. The van der Waals surface area contributed by atoms with E-state index in [2.05, 4.69) is 5.10 Å². The zero-order chi connectivity index (χ0) is 11.0. The van der Waals surface area contributed by atoms with Crippen molar-refractivity contribution in [3.05, 3.63) is 17.5 Å². The molecule has 2 heterocycles. The maximum absolute atomic E-state index is 11.7. The lowest BCUT2D eigenvalue weighted by Crippen LogP contribution is -2.53. The van der Waals surface area contributed by atoms with Crippen LogP contribution in [0.25, 0.3) is 0 Å². The van der Waals surface area contributed by atoms with E-state index in [1.165, 1.54) is 0 Å². The summed E-state index contributed by atoms with van der Waals surface area (Å²) in [6, 6.07) is 0. The highest BCUT2D eigenvalue weighted by molar-refractivity contribution is 5.79. The quantitative estimate of drug-likeness (QED) is 0.712. The Balaban J connectivity index is 1.97. The highest BCUT2D eigenvalue weighted by Gasteiger charge is 2.28. The molecule has 5 heteroatoms. The third-order valence-electron chi connectivity index (χ3n) is 2.89. The highest BCUT2D eigenvalue weighted by atomic mass is 16.3. The van der Waals surface area contributed by atoms with Gasteiger partial charge in [0.1, 0.15) is 0 Å². The summed E-state index contributed by atoms with van der Waals surface area (Å²) in [6.45, 7) is 2.89. The summed E-state index contributed by atoms with van der Waals surface area (Å²) in [5.74, 6) is 0.0661. The predicted molar refractivity (Wildman–Crippen MR) is 54.2 cm³/mol. The highest BCUT2D eigenvalue weighted by Crippen LogP contribution is 2.12. The number of rotatable bonds is 2. The molecule has 0 aliphatic carbocycles. The second-order valence-electron chi connectivity index (χ2n) is 4.01. The summed E-state index contributed by atoms with van der Waals surface area (Å²) >= 11 is 0. The molecule has 1 fully saturated rings. The summed E-state index contributed by atoms with van der Waals surface area (Å²) in [5.41, 5.74) is 1.98. The van der Waals surface area contributed by atoms with Crippen LogP contribution in [-0.2, 0) is 18.3 Å². The number of β-amino-alcohol motifs (C(OH)–C–C–N with tert-alkyl or cyclic N) is 1. The average molecular weight is 209 g/mol. The van der Waals surface area contributed by atoms with Crippen molar-refractivity contribution < 1.29 is 9.90 Å². The van der Waals surface area contributed by atoms with Crippen LogP contribution in [0.3, 0.4) is 0 Å². The van der Waals surface area contributed by atoms with Crippen LogP contribution in [0, 0.1) is 6.92 Å². The van der Waals surface area contributed by atoms with Gasteiger partial charge in [-0.15, -0.1) is 0 Å². The molecule has 1 aliphatic rings. The number of carbonyl (C=O) groups is 1. The van der Waals surface area contributed by atoms with Crippen LogP contribution in [-0.4, -0.2) is 44.9 Å². The summed E-state index contributed by atoms with van der Waals surface area (Å²) < 4.78 is 1.76. The van der Waals surface area contributed by atoms with Gasteiger partial charge in [0.2, 0.25) is 5.91 Å². The molecule has 0 saturated carbocycles. The number of aliphatic hydroxyl groups is 1. The van der Waals surface area contributed by atoms with Crippen LogP contribution in [0.2, 0.25) is 0 Å². The molecule has 1 aliphatic heterocycles. The minimum absolute atomic E-state index is 0.0661. The molecule has 1 aromatic heterocycles. The van der Waals surface area contributed by atoms with E-state index in [1.807, 2.05) is 14.0 Å². The molecule has 0 radical (unpaired) electrons. The smallest absolute Gasteiger partial charge is 0.227 e. The van der Waals surface area contributed by atoms with E-state index < -0.39 is 0 Å². The number of aromatic nitrogens is 2. The molecule has 1 amide bonds. The first-order valence-electron chi connectivity index (χ1n) is 5.01. The normalized spacial score (nSPS) is 16.6. The van der Waals surface area contributed by atoms with E-state index in [9.17, 15) is 4.79 Å². The van der Waals surface area contributed by atoms with Gasteiger partial charge in [-0.05, 0) is 6.92 Å². The van der Waals surface area contributed by atoms with Crippen LogP contribution in [0.15, 0.2) is 6.20 Å². The van der Waals surface area contributed by atoms with Crippen LogP contribution >= 0.6 is 0 Å². The van der Waals surface area contributed by atoms with Gasteiger partial charge in [-0.3, -0.25) is 9.48 Å². The van der Waals surface area contributed by atoms with Gasteiger partial charge < -0.3 is 10.0 Å². The third-order valence-corrected chi connectivity index (χ3v) is 2.89. The molecule has 0 aromatic carbocycles. The summed E-state index contributed by atoms with van der Waals surface area (Å²) in [6.07, 6.45) is 1.78. The van der Waals surface area contributed by atoms with E-state index in [4.69, 9.17) is 5.11 Å². The fraction of sp³-hybridized carbons (Fsp3) is 0.600. The SMILES string of the molecule is Cc1c(CC(=O)N2CC(O)C2)cnn1C. The van der Waals surface area contributed by atoms with Crippen LogP contribution in [0.5, 0.6) is 0 Å². The Kier molecular flexibility index (Phi) is 2.48. The Morgan fingerprint density at radius 1 is 1.67 bits per heavy atom. The first-order valence-corrected chi connectivity index (χ1v) is 5.01. The van der Waals surface area contributed by atoms with Crippen molar-refractivity contribution in [2.24, 2.45) is 7.05 Å². The van der Waals surface area contributed by atoms with Crippen molar-refractivity contribution in [2.75, 3.05) is 13.1 Å². The molecule has 0 unspecified atom stereocenters. The van der Waals surface area contributed by atoms with E-state index >= 15 is 0 Å². The maximum Gasteiger partial charge on any atom is 0.227 e. The molecule has 15 heavy (non-hydrogen) atoms. The molecule has 1 saturated heterocycles. The predicted octanol–water partition coefficient (Wildman–Crippen LogP) is -0.526. The van der Waals surface area contributed by atoms with Crippen molar-refractivity contribution in [2.45, 2.75) is 19.4 Å². The first kappa shape index (κ1) is 10.2. The number of amides is 1. The largest absolute Gasteiger partial charge is 0.389 e. The Morgan fingerprint density at radius 2 is 2.33 bits per heavy atom. The molecular formula is C10H15N3O2. The molecule has 2 rings (SSSR count). The van der Waals surface area contributed by atoms with Crippen LogP contribution < -0.4 is 0 Å². The molecule has 5 nitrogen and oxygen atoms in total. The van der Waals surface area contributed by atoms with Gasteiger partial charge in [0.05, 0.1) is 18.7 Å². The Hall–Kier alpha value is -1.36. The van der Waals surface area contributed by atoms with Gasteiger partial charge in [-0.25, -0.2) is 0 Å².